The van der Waals surface area contributed by atoms with Gasteiger partial charge < -0.3 is 4.98 Å². The number of benzene rings is 1. The number of nitrogens with one attached hydrogen (secondary N) is 1. The Bertz CT molecular complexity index is 1190. The van der Waals surface area contributed by atoms with Gasteiger partial charge in [0.1, 0.15) is 0 Å². The third-order valence-corrected chi connectivity index (χ3v) is 5.57. The topological polar surface area (TPSA) is 85.0 Å². The number of ketones is 1. The fourth-order valence-electron chi connectivity index (χ4n) is 3.13. The van der Waals surface area contributed by atoms with Crippen LogP contribution in [0.1, 0.15) is 30.8 Å². The number of nitrogens with zero attached hydrogens (tertiary/aromatic N) is 4. The largest absolute Gasteiger partial charge is 0.359 e. The molecule has 3 heterocycles. The van der Waals surface area contributed by atoms with Gasteiger partial charge in [-0.1, -0.05) is 37.7 Å². The number of rotatable bonds is 7. The fraction of sp³-hybridized carbons (Fsp3) is 0.300. The molecule has 0 radical (unpaired) electrons. The van der Waals surface area contributed by atoms with Crippen LogP contribution in [0.15, 0.2) is 52.5 Å². The van der Waals surface area contributed by atoms with Gasteiger partial charge in [-0.2, -0.15) is 0 Å². The molecule has 0 aliphatic rings. The Morgan fingerprint density at radius 3 is 2.75 bits per heavy atom. The fourth-order valence-corrected chi connectivity index (χ4v) is 3.95. The van der Waals surface area contributed by atoms with E-state index >= 15 is 0 Å². The molecule has 1 aromatic carbocycles. The van der Waals surface area contributed by atoms with Gasteiger partial charge in [0, 0.05) is 12.7 Å². The second-order valence-electron chi connectivity index (χ2n) is 7.07. The Morgan fingerprint density at radius 2 is 2.00 bits per heavy atom. The second-order valence-corrected chi connectivity index (χ2v) is 8.01. The van der Waals surface area contributed by atoms with Crippen molar-refractivity contribution in [1.82, 2.24) is 24.1 Å². The number of aromatic nitrogens is 5. The van der Waals surface area contributed by atoms with E-state index in [4.69, 9.17) is 0 Å². The van der Waals surface area contributed by atoms with E-state index in [-0.39, 0.29) is 17.1 Å². The Balaban J connectivity index is 1.78. The van der Waals surface area contributed by atoms with E-state index in [0.29, 0.717) is 34.5 Å². The smallest absolute Gasteiger partial charge is 0.262 e. The summed E-state index contributed by atoms with van der Waals surface area (Å²) in [6.07, 6.45) is 2.60. The number of fused-ring (bicyclic) bond motifs is 3. The minimum absolute atomic E-state index is 0.0100. The first-order valence-corrected chi connectivity index (χ1v) is 10.2. The zero-order valence-corrected chi connectivity index (χ0v) is 16.6. The third-order valence-electron chi connectivity index (χ3n) is 4.64. The maximum Gasteiger partial charge on any atom is 0.262 e. The van der Waals surface area contributed by atoms with Crippen molar-refractivity contribution in [3.8, 4) is 0 Å². The molecule has 8 heteroatoms. The second kappa shape index (κ2) is 7.63. The van der Waals surface area contributed by atoms with Gasteiger partial charge in [0.15, 0.2) is 10.9 Å². The number of carbonyl (C=O) groups excluding carboxylic acids is 1. The van der Waals surface area contributed by atoms with Crippen molar-refractivity contribution in [3.63, 3.8) is 0 Å². The molecule has 0 fully saturated rings. The highest BCUT2D eigenvalue weighted by atomic mass is 32.2. The molecule has 0 saturated carbocycles. The molecule has 0 aliphatic carbocycles. The lowest BCUT2D eigenvalue weighted by molar-refractivity contribution is 0.101. The zero-order chi connectivity index (χ0) is 19.7. The van der Waals surface area contributed by atoms with Gasteiger partial charge in [-0.3, -0.25) is 18.6 Å². The van der Waals surface area contributed by atoms with Crippen LogP contribution in [0.25, 0.3) is 16.7 Å². The van der Waals surface area contributed by atoms with Crippen molar-refractivity contribution in [2.45, 2.75) is 32.0 Å². The summed E-state index contributed by atoms with van der Waals surface area (Å²) in [5.41, 5.74) is 1.26. The molecule has 1 N–H and O–H groups in total. The number of aryl methyl sites for hydroxylation is 1. The van der Waals surface area contributed by atoms with Gasteiger partial charge in [-0.05, 0) is 36.6 Å². The van der Waals surface area contributed by atoms with Gasteiger partial charge >= 0.3 is 0 Å². The monoisotopic (exact) mass is 395 g/mol. The van der Waals surface area contributed by atoms with Crippen LogP contribution in [-0.4, -0.2) is 35.7 Å². The number of aromatic amines is 1. The average molecular weight is 395 g/mol. The quantitative estimate of drug-likeness (QED) is 0.383. The molecule has 0 bridgehead atoms. The first kappa shape index (κ1) is 18.5. The van der Waals surface area contributed by atoms with Crippen molar-refractivity contribution in [1.29, 1.82) is 0 Å². The van der Waals surface area contributed by atoms with Gasteiger partial charge in [-0.15, -0.1) is 10.2 Å². The summed E-state index contributed by atoms with van der Waals surface area (Å²) in [4.78, 5) is 28.3. The maximum absolute atomic E-state index is 13.0. The van der Waals surface area contributed by atoms with Crippen LogP contribution in [0, 0.1) is 5.92 Å². The van der Waals surface area contributed by atoms with Crippen LogP contribution in [0.4, 0.5) is 0 Å². The number of hydrogen-bond donors (Lipinski definition) is 1. The van der Waals surface area contributed by atoms with Crippen LogP contribution in [0.2, 0.25) is 0 Å². The third kappa shape index (κ3) is 3.35. The van der Waals surface area contributed by atoms with Gasteiger partial charge in [0.2, 0.25) is 5.78 Å². The highest BCUT2D eigenvalue weighted by Gasteiger charge is 2.18. The lowest BCUT2D eigenvalue weighted by atomic mass is 10.1. The first-order valence-electron chi connectivity index (χ1n) is 9.22. The highest BCUT2D eigenvalue weighted by Crippen LogP contribution is 2.22. The van der Waals surface area contributed by atoms with E-state index in [0.717, 1.165) is 11.9 Å². The Hall–Kier alpha value is -2.87. The van der Waals surface area contributed by atoms with E-state index in [2.05, 4.69) is 29.0 Å². The summed E-state index contributed by atoms with van der Waals surface area (Å²) in [7, 11) is 0. The van der Waals surface area contributed by atoms with Crippen LogP contribution in [0.3, 0.4) is 0 Å². The SMILES string of the molecule is CC(C)CCn1c(=O)c2ccccc2n2c(SCC(=O)c3ccc[nH]3)nnc12. The molecule has 144 valence electrons. The van der Waals surface area contributed by atoms with Crippen LogP contribution >= 0.6 is 11.8 Å². The predicted molar refractivity (Wildman–Crippen MR) is 110 cm³/mol. The van der Waals surface area contributed by atoms with E-state index < -0.39 is 0 Å². The minimum atomic E-state index is -0.0600. The normalized spacial score (nSPS) is 11.7. The Morgan fingerprint density at radius 1 is 1.18 bits per heavy atom. The Labute approximate surface area is 165 Å². The predicted octanol–water partition coefficient (Wildman–Crippen LogP) is 3.39. The van der Waals surface area contributed by atoms with Gasteiger partial charge in [0.25, 0.3) is 5.56 Å². The van der Waals surface area contributed by atoms with Crippen molar-refractivity contribution >= 4 is 34.2 Å². The minimum Gasteiger partial charge on any atom is -0.359 e. The standard InChI is InChI=1S/C20H21N5O2S/c1-13(2)9-11-24-18(27)14-6-3-4-8-16(14)25-19(24)22-23-20(25)28-12-17(26)15-7-5-10-21-15/h3-8,10,13,21H,9,11-12H2,1-2H3. The molecular formula is C20H21N5O2S. The average Bonchev–Trinajstić information content (AvgIpc) is 3.36. The molecule has 4 rings (SSSR count). The van der Waals surface area contributed by atoms with Gasteiger partial charge in [-0.25, -0.2) is 0 Å². The summed E-state index contributed by atoms with van der Waals surface area (Å²) in [6, 6.07) is 11.0. The number of hydrogen-bond acceptors (Lipinski definition) is 5. The lowest BCUT2D eigenvalue weighted by Gasteiger charge is -2.12. The van der Waals surface area contributed by atoms with E-state index in [9.17, 15) is 9.59 Å². The number of para-hydroxylation sites is 1. The van der Waals surface area contributed by atoms with Gasteiger partial charge in [0.05, 0.1) is 22.3 Å². The summed E-state index contributed by atoms with van der Waals surface area (Å²) in [6.45, 7) is 4.83. The lowest BCUT2D eigenvalue weighted by Crippen LogP contribution is -2.24. The molecule has 0 saturated heterocycles. The van der Waals surface area contributed by atoms with Crippen LogP contribution < -0.4 is 5.56 Å². The van der Waals surface area contributed by atoms with E-state index in [1.54, 1.807) is 22.9 Å². The molecule has 0 aliphatic heterocycles. The van der Waals surface area contributed by atoms with Crippen molar-refractivity contribution in [2.75, 3.05) is 5.75 Å². The molecule has 7 nitrogen and oxygen atoms in total. The number of Topliss-reactive ketones (excluding diaryl/α,β-unsaturated/α-hetero) is 1. The summed E-state index contributed by atoms with van der Waals surface area (Å²) in [5, 5.41) is 9.79. The number of H-pyrrole nitrogens is 1. The van der Waals surface area contributed by atoms with E-state index in [1.165, 1.54) is 11.8 Å². The molecular weight excluding hydrogens is 374 g/mol. The molecule has 3 aromatic heterocycles. The van der Waals surface area contributed by atoms with E-state index in [1.807, 2.05) is 28.7 Å². The first-order chi connectivity index (χ1) is 13.6. The number of thioether (sulfide) groups is 1. The molecule has 0 unspecified atom stereocenters. The molecule has 4 aromatic rings. The number of carbonyl (C=O) groups is 1. The highest BCUT2D eigenvalue weighted by molar-refractivity contribution is 7.99. The molecule has 0 amide bonds. The molecule has 0 atom stereocenters. The maximum atomic E-state index is 13.0. The van der Waals surface area contributed by atoms with Crippen LogP contribution in [0.5, 0.6) is 0 Å². The van der Waals surface area contributed by atoms with Crippen molar-refractivity contribution in [3.05, 3.63) is 58.6 Å². The van der Waals surface area contributed by atoms with Crippen molar-refractivity contribution < 1.29 is 4.79 Å². The molecule has 28 heavy (non-hydrogen) atoms. The Kier molecular flexibility index (Phi) is 5.04. The van der Waals surface area contributed by atoms with Crippen molar-refractivity contribution in [2.24, 2.45) is 5.92 Å². The zero-order valence-electron chi connectivity index (χ0n) is 15.8. The summed E-state index contributed by atoms with van der Waals surface area (Å²) in [5.74, 6) is 1.21. The van der Waals surface area contributed by atoms with Crippen LogP contribution in [-0.2, 0) is 6.54 Å². The summed E-state index contributed by atoms with van der Waals surface area (Å²) >= 11 is 1.32. The molecule has 0 spiro atoms. The summed E-state index contributed by atoms with van der Waals surface area (Å²) < 4.78 is 3.57.